The highest BCUT2D eigenvalue weighted by Crippen LogP contribution is 2.17. The van der Waals surface area contributed by atoms with Gasteiger partial charge in [0.25, 0.3) is 0 Å². The molecule has 102 valence electrons. The number of hydrogen-bond acceptors (Lipinski definition) is 4. The van der Waals surface area contributed by atoms with Gasteiger partial charge in [-0.25, -0.2) is 13.1 Å². The van der Waals surface area contributed by atoms with Crippen LogP contribution in [0.3, 0.4) is 0 Å². The van der Waals surface area contributed by atoms with E-state index in [4.69, 9.17) is 0 Å². The molecule has 0 atom stereocenters. The first kappa shape index (κ1) is 13.2. The van der Waals surface area contributed by atoms with Gasteiger partial charge in [-0.3, -0.25) is 4.98 Å². The molecule has 0 spiro atoms. The van der Waals surface area contributed by atoms with Crippen LogP contribution in [0.5, 0.6) is 0 Å². The van der Waals surface area contributed by atoms with Crippen molar-refractivity contribution in [3.05, 3.63) is 59.6 Å². The number of nitrogens with zero attached hydrogens (tertiary/aromatic N) is 1. The summed E-state index contributed by atoms with van der Waals surface area (Å²) in [5, 5.41) is 2.74. The summed E-state index contributed by atoms with van der Waals surface area (Å²) in [6.07, 6.45) is 1.69. The number of thiophene rings is 1. The summed E-state index contributed by atoms with van der Waals surface area (Å²) in [5.41, 5.74) is 1.74. The van der Waals surface area contributed by atoms with Gasteiger partial charge in [0.05, 0.1) is 5.52 Å². The first-order chi connectivity index (χ1) is 9.65. The van der Waals surface area contributed by atoms with Crippen LogP contribution < -0.4 is 4.72 Å². The average molecular weight is 304 g/mol. The maximum atomic E-state index is 12.0. The van der Waals surface area contributed by atoms with E-state index in [0.29, 0.717) is 4.21 Å². The lowest BCUT2D eigenvalue weighted by Gasteiger charge is -2.05. The van der Waals surface area contributed by atoms with Crippen molar-refractivity contribution in [2.45, 2.75) is 10.8 Å². The Morgan fingerprint density at radius 2 is 2.00 bits per heavy atom. The molecular weight excluding hydrogens is 292 g/mol. The highest BCUT2D eigenvalue weighted by molar-refractivity contribution is 7.91. The Morgan fingerprint density at radius 3 is 2.80 bits per heavy atom. The summed E-state index contributed by atoms with van der Waals surface area (Å²) in [6.45, 7) is 0.234. The van der Waals surface area contributed by atoms with Crippen molar-refractivity contribution in [1.29, 1.82) is 0 Å². The normalized spacial score (nSPS) is 11.8. The van der Waals surface area contributed by atoms with Gasteiger partial charge >= 0.3 is 0 Å². The molecule has 0 fully saturated rings. The van der Waals surface area contributed by atoms with Crippen molar-refractivity contribution < 1.29 is 8.42 Å². The molecule has 0 saturated heterocycles. The van der Waals surface area contributed by atoms with Crippen LogP contribution >= 0.6 is 11.3 Å². The van der Waals surface area contributed by atoms with Gasteiger partial charge < -0.3 is 0 Å². The number of sulfonamides is 1. The fourth-order valence-corrected chi connectivity index (χ4v) is 3.93. The molecule has 3 rings (SSSR count). The maximum absolute atomic E-state index is 12.0. The van der Waals surface area contributed by atoms with Gasteiger partial charge in [0, 0.05) is 18.1 Å². The Labute approximate surface area is 121 Å². The Kier molecular flexibility index (Phi) is 3.52. The van der Waals surface area contributed by atoms with Gasteiger partial charge in [-0.05, 0) is 29.1 Å². The zero-order valence-corrected chi connectivity index (χ0v) is 12.1. The molecule has 3 aromatic rings. The number of pyridine rings is 1. The largest absolute Gasteiger partial charge is 0.256 e. The molecule has 20 heavy (non-hydrogen) atoms. The Bertz CT molecular complexity index is 827. The van der Waals surface area contributed by atoms with Gasteiger partial charge in [-0.1, -0.05) is 24.3 Å². The Morgan fingerprint density at radius 1 is 1.15 bits per heavy atom. The lowest BCUT2D eigenvalue weighted by molar-refractivity contribution is 0.583. The number of aromatic nitrogens is 1. The van der Waals surface area contributed by atoms with Gasteiger partial charge in [-0.2, -0.15) is 0 Å². The standard InChI is InChI=1S/C14H12N2O2S2/c17-20(18,14-6-3-7-19-14)16-10-11-8-12-4-1-2-5-13(12)15-9-11/h1-9,16H,10H2. The molecule has 4 nitrogen and oxygen atoms in total. The monoisotopic (exact) mass is 304 g/mol. The number of para-hydroxylation sites is 1. The number of benzene rings is 1. The summed E-state index contributed by atoms with van der Waals surface area (Å²) < 4.78 is 26.9. The van der Waals surface area contributed by atoms with E-state index in [-0.39, 0.29) is 6.54 Å². The highest BCUT2D eigenvalue weighted by Gasteiger charge is 2.14. The minimum absolute atomic E-state index is 0.234. The molecule has 0 amide bonds. The first-order valence-electron chi connectivity index (χ1n) is 6.02. The summed E-state index contributed by atoms with van der Waals surface area (Å²) in [7, 11) is -3.43. The van der Waals surface area contributed by atoms with Crippen LogP contribution in [0.15, 0.2) is 58.3 Å². The fourth-order valence-electron chi connectivity index (χ4n) is 1.88. The van der Waals surface area contributed by atoms with Crippen LogP contribution in [-0.2, 0) is 16.6 Å². The summed E-state index contributed by atoms with van der Waals surface area (Å²) in [5.74, 6) is 0. The average Bonchev–Trinajstić information content (AvgIpc) is 3.00. The Balaban J connectivity index is 1.80. The van der Waals surface area contributed by atoms with Crippen LogP contribution in [0.25, 0.3) is 10.9 Å². The molecule has 0 radical (unpaired) electrons. The minimum atomic E-state index is -3.43. The summed E-state index contributed by atoms with van der Waals surface area (Å²) in [4.78, 5) is 4.31. The second-order valence-corrected chi connectivity index (χ2v) is 7.23. The fraction of sp³-hybridized carbons (Fsp3) is 0.0714. The third-order valence-electron chi connectivity index (χ3n) is 2.87. The molecule has 6 heteroatoms. The zero-order chi connectivity index (χ0) is 14.0. The first-order valence-corrected chi connectivity index (χ1v) is 8.38. The Hall–Kier alpha value is -1.76. The van der Waals surface area contributed by atoms with E-state index in [1.54, 1.807) is 23.7 Å². The second kappa shape index (κ2) is 5.32. The molecule has 0 aliphatic rings. The quantitative estimate of drug-likeness (QED) is 0.806. The van der Waals surface area contributed by atoms with E-state index in [0.717, 1.165) is 16.5 Å². The zero-order valence-electron chi connectivity index (χ0n) is 10.5. The number of hydrogen-bond donors (Lipinski definition) is 1. The third kappa shape index (κ3) is 2.72. The molecule has 0 bridgehead atoms. The third-order valence-corrected chi connectivity index (χ3v) is 5.67. The SMILES string of the molecule is O=S(=O)(NCc1cnc2ccccc2c1)c1cccs1. The molecule has 1 aromatic carbocycles. The van der Waals surface area contributed by atoms with Crippen LogP contribution in [0.2, 0.25) is 0 Å². The maximum Gasteiger partial charge on any atom is 0.250 e. The summed E-state index contributed by atoms with van der Waals surface area (Å²) in [6, 6.07) is 13.0. The van der Waals surface area contributed by atoms with Gasteiger partial charge in [-0.15, -0.1) is 11.3 Å². The van der Waals surface area contributed by atoms with Gasteiger partial charge in [0.2, 0.25) is 10.0 Å². The molecule has 2 heterocycles. The number of nitrogens with one attached hydrogen (secondary N) is 1. The molecule has 0 unspecified atom stereocenters. The van der Waals surface area contributed by atoms with E-state index in [1.807, 2.05) is 30.3 Å². The van der Waals surface area contributed by atoms with Crippen molar-refractivity contribution >= 4 is 32.3 Å². The van der Waals surface area contributed by atoms with E-state index >= 15 is 0 Å². The highest BCUT2D eigenvalue weighted by atomic mass is 32.2. The number of rotatable bonds is 4. The van der Waals surface area contributed by atoms with Crippen molar-refractivity contribution in [3.8, 4) is 0 Å². The lowest BCUT2D eigenvalue weighted by atomic mass is 10.2. The van der Waals surface area contributed by atoms with Crippen molar-refractivity contribution in [2.75, 3.05) is 0 Å². The van der Waals surface area contributed by atoms with Crippen molar-refractivity contribution in [2.24, 2.45) is 0 Å². The van der Waals surface area contributed by atoms with E-state index < -0.39 is 10.0 Å². The van der Waals surface area contributed by atoms with Crippen molar-refractivity contribution in [3.63, 3.8) is 0 Å². The van der Waals surface area contributed by atoms with E-state index in [1.165, 1.54) is 11.3 Å². The van der Waals surface area contributed by atoms with Gasteiger partial charge in [0.1, 0.15) is 4.21 Å². The molecule has 1 N–H and O–H groups in total. The second-order valence-electron chi connectivity index (χ2n) is 4.29. The lowest BCUT2D eigenvalue weighted by Crippen LogP contribution is -2.22. The molecule has 0 aliphatic carbocycles. The molecule has 0 aliphatic heterocycles. The van der Waals surface area contributed by atoms with Gasteiger partial charge in [0.15, 0.2) is 0 Å². The number of fused-ring (bicyclic) bond motifs is 1. The molecule has 2 aromatic heterocycles. The van der Waals surface area contributed by atoms with Crippen LogP contribution in [0, 0.1) is 0 Å². The van der Waals surface area contributed by atoms with E-state index in [2.05, 4.69) is 9.71 Å². The minimum Gasteiger partial charge on any atom is -0.256 e. The molecular formula is C14H12N2O2S2. The van der Waals surface area contributed by atoms with E-state index in [9.17, 15) is 8.42 Å². The van der Waals surface area contributed by atoms with Crippen LogP contribution in [-0.4, -0.2) is 13.4 Å². The van der Waals surface area contributed by atoms with Crippen LogP contribution in [0.4, 0.5) is 0 Å². The van der Waals surface area contributed by atoms with Crippen molar-refractivity contribution in [1.82, 2.24) is 9.71 Å². The predicted molar refractivity (Wildman–Crippen MR) is 80.1 cm³/mol. The smallest absolute Gasteiger partial charge is 0.250 e. The summed E-state index contributed by atoms with van der Waals surface area (Å²) >= 11 is 1.20. The van der Waals surface area contributed by atoms with Crippen LogP contribution in [0.1, 0.15) is 5.56 Å². The molecule has 0 saturated carbocycles. The predicted octanol–water partition coefficient (Wildman–Crippen LogP) is 2.77. The topological polar surface area (TPSA) is 59.1 Å².